The Morgan fingerprint density at radius 2 is 2.32 bits per heavy atom. The van der Waals surface area contributed by atoms with Gasteiger partial charge in [0.25, 0.3) is 0 Å². The van der Waals surface area contributed by atoms with E-state index in [-0.39, 0.29) is 0 Å². The number of aromatic nitrogens is 3. The lowest BCUT2D eigenvalue weighted by molar-refractivity contribution is 0.830. The number of unbranched alkanes of at least 4 members (excludes halogenated alkanes) is 1. The average molecular weight is 272 g/mol. The number of fused-ring (bicyclic) bond motifs is 1. The van der Waals surface area contributed by atoms with Gasteiger partial charge < -0.3 is 5.32 Å². The summed E-state index contributed by atoms with van der Waals surface area (Å²) in [4.78, 5) is 10.1. The molecule has 0 aliphatic carbocycles. The Hall–Kier alpha value is -1.88. The number of thiazole rings is 1. The Labute approximate surface area is 116 Å². The van der Waals surface area contributed by atoms with Crippen molar-refractivity contribution in [2.75, 3.05) is 11.9 Å². The Morgan fingerprint density at radius 1 is 1.37 bits per heavy atom. The molecule has 98 valence electrons. The van der Waals surface area contributed by atoms with E-state index in [9.17, 15) is 0 Å². The van der Waals surface area contributed by atoms with Gasteiger partial charge in [-0.05, 0) is 18.6 Å². The van der Waals surface area contributed by atoms with Crippen LogP contribution in [0.4, 0.5) is 5.82 Å². The number of imidazole rings is 1. The molecule has 3 heterocycles. The average Bonchev–Trinajstić information content (AvgIpc) is 3.02. The van der Waals surface area contributed by atoms with Crippen molar-refractivity contribution in [2.24, 2.45) is 0 Å². The van der Waals surface area contributed by atoms with Crippen molar-refractivity contribution in [1.82, 2.24) is 14.4 Å². The molecule has 3 aromatic heterocycles. The third-order valence-electron chi connectivity index (χ3n) is 2.99. The second-order valence-corrected chi connectivity index (χ2v) is 5.23. The predicted octanol–water partition coefficient (Wildman–Crippen LogP) is 3.67. The van der Waals surface area contributed by atoms with Gasteiger partial charge in [0, 0.05) is 24.3 Å². The fourth-order valence-corrected chi connectivity index (χ4v) is 2.73. The van der Waals surface area contributed by atoms with E-state index in [2.05, 4.69) is 32.0 Å². The summed E-state index contributed by atoms with van der Waals surface area (Å²) in [6.45, 7) is 3.15. The molecular formula is C14H16N4S. The zero-order valence-electron chi connectivity index (χ0n) is 10.8. The minimum atomic E-state index is 0.914. The molecule has 3 rings (SSSR count). The summed E-state index contributed by atoms with van der Waals surface area (Å²) >= 11 is 1.64. The van der Waals surface area contributed by atoms with Crippen molar-refractivity contribution in [2.45, 2.75) is 19.8 Å². The molecular weight excluding hydrogens is 256 g/mol. The molecule has 19 heavy (non-hydrogen) atoms. The van der Waals surface area contributed by atoms with Crippen LogP contribution in [0.25, 0.3) is 16.3 Å². The van der Waals surface area contributed by atoms with E-state index in [0.717, 1.165) is 35.1 Å². The molecule has 0 radical (unpaired) electrons. The quantitative estimate of drug-likeness (QED) is 0.721. The molecule has 0 aromatic carbocycles. The van der Waals surface area contributed by atoms with Crippen LogP contribution in [0, 0.1) is 0 Å². The van der Waals surface area contributed by atoms with Crippen molar-refractivity contribution in [3.63, 3.8) is 0 Å². The van der Waals surface area contributed by atoms with Gasteiger partial charge >= 0.3 is 0 Å². The first-order valence-electron chi connectivity index (χ1n) is 6.51. The third kappa shape index (κ3) is 2.33. The molecule has 0 unspecified atom stereocenters. The normalized spacial score (nSPS) is 11.0. The molecule has 0 spiro atoms. The minimum Gasteiger partial charge on any atom is -0.369 e. The maximum Gasteiger partial charge on any atom is 0.195 e. The number of pyridine rings is 1. The second kappa shape index (κ2) is 5.40. The first-order valence-corrected chi connectivity index (χ1v) is 7.39. The first kappa shape index (κ1) is 12.2. The molecule has 0 aliphatic heterocycles. The van der Waals surface area contributed by atoms with Crippen molar-refractivity contribution in [3.05, 3.63) is 36.0 Å². The van der Waals surface area contributed by atoms with Gasteiger partial charge in [-0.3, -0.25) is 9.38 Å². The van der Waals surface area contributed by atoms with E-state index in [0.29, 0.717) is 0 Å². The van der Waals surface area contributed by atoms with E-state index in [1.54, 1.807) is 17.5 Å². The van der Waals surface area contributed by atoms with E-state index < -0.39 is 0 Å². The van der Waals surface area contributed by atoms with Crippen LogP contribution >= 0.6 is 11.3 Å². The number of nitrogens with one attached hydrogen (secondary N) is 1. The highest BCUT2D eigenvalue weighted by molar-refractivity contribution is 7.15. The largest absolute Gasteiger partial charge is 0.369 e. The first-order chi connectivity index (χ1) is 9.40. The van der Waals surface area contributed by atoms with Crippen LogP contribution in [-0.2, 0) is 0 Å². The van der Waals surface area contributed by atoms with E-state index in [1.165, 1.54) is 6.42 Å². The Morgan fingerprint density at radius 3 is 3.11 bits per heavy atom. The van der Waals surface area contributed by atoms with Gasteiger partial charge in [0.1, 0.15) is 11.5 Å². The van der Waals surface area contributed by atoms with Crippen molar-refractivity contribution in [1.29, 1.82) is 0 Å². The molecule has 0 atom stereocenters. The van der Waals surface area contributed by atoms with Crippen molar-refractivity contribution >= 4 is 22.1 Å². The zero-order valence-corrected chi connectivity index (χ0v) is 11.7. The van der Waals surface area contributed by atoms with Crippen LogP contribution in [-0.4, -0.2) is 20.9 Å². The summed E-state index contributed by atoms with van der Waals surface area (Å²) in [6.07, 6.45) is 6.18. The summed E-state index contributed by atoms with van der Waals surface area (Å²) in [5.74, 6) is 1.04. The molecule has 0 saturated carbocycles. The van der Waals surface area contributed by atoms with Gasteiger partial charge in [0.2, 0.25) is 0 Å². The van der Waals surface area contributed by atoms with Crippen LogP contribution in [0.3, 0.4) is 0 Å². The smallest absolute Gasteiger partial charge is 0.195 e. The molecule has 1 N–H and O–H groups in total. The summed E-state index contributed by atoms with van der Waals surface area (Å²) in [7, 11) is 0. The Kier molecular flexibility index (Phi) is 3.46. The van der Waals surface area contributed by atoms with Gasteiger partial charge in [-0.2, -0.15) is 0 Å². The van der Waals surface area contributed by atoms with Crippen LogP contribution in [0.5, 0.6) is 0 Å². The van der Waals surface area contributed by atoms with E-state index in [1.807, 2.05) is 24.4 Å². The van der Waals surface area contributed by atoms with Crippen molar-refractivity contribution in [3.8, 4) is 11.4 Å². The third-order valence-corrected chi connectivity index (χ3v) is 3.75. The van der Waals surface area contributed by atoms with Crippen LogP contribution in [0.1, 0.15) is 19.8 Å². The lowest BCUT2D eigenvalue weighted by atomic mass is 10.2. The summed E-state index contributed by atoms with van der Waals surface area (Å²) in [6, 6.07) is 5.91. The van der Waals surface area contributed by atoms with Crippen LogP contribution in [0.15, 0.2) is 36.0 Å². The number of nitrogens with zero attached hydrogens (tertiary/aromatic N) is 3. The Bertz CT molecular complexity index is 656. The lowest BCUT2D eigenvalue weighted by Gasteiger charge is -2.06. The van der Waals surface area contributed by atoms with Gasteiger partial charge in [0.15, 0.2) is 4.96 Å². The van der Waals surface area contributed by atoms with Gasteiger partial charge in [-0.25, -0.2) is 4.98 Å². The molecule has 0 fully saturated rings. The van der Waals surface area contributed by atoms with Crippen LogP contribution in [0.2, 0.25) is 0 Å². The summed E-state index contributed by atoms with van der Waals surface area (Å²) in [5.41, 5.74) is 1.85. The number of rotatable bonds is 5. The monoisotopic (exact) mass is 272 g/mol. The summed E-state index contributed by atoms with van der Waals surface area (Å²) < 4.78 is 2.10. The molecule has 0 saturated heterocycles. The molecule has 0 bridgehead atoms. The molecule has 3 aromatic rings. The SMILES string of the molecule is CCCCNc1c(-c2ccccn2)nc2sccn12. The van der Waals surface area contributed by atoms with Gasteiger partial charge in [-0.15, -0.1) is 11.3 Å². The fourth-order valence-electron chi connectivity index (χ4n) is 2.02. The molecule has 0 amide bonds. The fraction of sp³-hybridized carbons (Fsp3) is 0.286. The minimum absolute atomic E-state index is 0.914. The maximum absolute atomic E-state index is 4.68. The van der Waals surface area contributed by atoms with Gasteiger partial charge in [0.05, 0.1) is 5.69 Å². The Balaban J connectivity index is 2.02. The van der Waals surface area contributed by atoms with Gasteiger partial charge in [-0.1, -0.05) is 19.4 Å². The van der Waals surface area contributed by atoms with Crippen molar-refractivity contribution < 1.29 is 0 Å². The topological polar surface area (TPSA) is 42.2 Å². The second-order valence-electron chi connectivity index (χ2n) is 4.36. The lowest BCUT2D eigenvalue weighted by Crippen LogP contribution is -2.04. The van der Waals surface area contributed by atoms with E-state index in [4.69, 9.17) is 0 Å². The number of hydrogen-bond donors (Lipinski definition) is 1. The standard InChI is InChI=1S/C14H16N4S/c1-2-3-7-16-13-12(11-6-4-5-8-15-11)17-14-18(13)9-10-19-14/h4-6,8-10,16H,2-3,7H2,1H3. The molecule has 4 nitrogen and oxygen atoms in total. The molecule has 5 heteroatoms. The highest BCUT2D eigenvalue weighted by atomic mass is 32.1. The number of hydrogen-bond acceptors (Lipinski definition) is 4. The zero-order chi connectivity index (χ0) is 13.1. The summed E-state index contributed by atoms with van der Waals surface area (Å²) in [5, 5.41) is 5.54. The maximum atomic E-state index is 4.68. The number of anilines is 1. The van der Waals surface area contributed by atoms with Crippen LogP contribution < -0.4 is 5.32 Å². The predicted molar refractivity (Wildman–Crippen MR) is 79.7 cm³/mol. The molecule has 0 aliphatic rings. The highest BCUT2D eigenvalue weighted by Crippen LogP contribution is 2.29. The highest BCUT2D eigenvalue weighted by Gasteiger charge is 2.14. The van der Waals surface area contributed by atoms with E-state index >= 15 is 0 Å².